The number of nitrogens with two attached hydrogens (primary N) is 1. The van der Waals surface area contributed by atoms with Crippen molar-refractivity contribution in [1.82, 2.24) is 9.97 Å². The van der Waals surface area contributed by atoms with Crippen LogP contribution in [0, 0.1) is 12.0 Å². The lowest BCUT2D eigenvalue weighted by Crippen LogP contribution is -2.14. The van der Waals surface area contributed by atoms with Crippen molar-refractivity contribution in [2.75, 3.05) is 5.32 Å². The Morgan fingerprint density at radius 1 is 1.32 bits per heavy atom. The molecule has 0 aliphatic rings. The quantitative estimate of drug-likeness (QED) is 0.734. The molecule has 5 nitrogen and oxygen atoms in total. The molecular weight excluding hydrogens is 343 g/mol. The Bertz CT molecular complexity index is 932. The van der Waals surface area contributed by atoms with E-state index in [0.29, 0.717) is 28.6 Å². The molecule has 7 heteroatoms. The van der Waals surface area contributed by atoms with Gasteiger partial charge in [0.25, 0.3) is 5.91 Å². The number of rotatable bonds is 5. The second-order valence-corrected chi connectivity index (χ2v) is 5.64. The molecule has 1 aromatic carbocycles. The second-order valence-electron chi connectivity index (χ2n) is 5.23. The second kappa shape index (κ2) is 7.27. The van der Waals surface area contributed by atoms with Crippen LogP contribution < -0.4 is 11.1 Å². The maximum absolute atomic E-state index is 13.2. The Morgan fingerprint density at radius 2 is 2.16 bits per heavy atom. The molecule has 1 radical (unpaired) electrons. The van der Waals surface area contributed by atoms with Gasteiger partial charge in [-0.2, -0.15) is 0 Å². The highest BCUT2D eigenvalue weighted by Gasteiger charge is 2.15. The first-order valence-corrected chi connectivity index (χ1v) is 7.73. The number of halogens is 2. The van der Waals surface area contributed by atoms with Crippen molar-refractivity contribution >= 4 is 23.3 Å². The van der Waals surface area contributed by atoms with E-state index in [2.05, 4.69) is 21.5 Å². The molecule has 0 aliphatic carbocycles. The van der Waals surface area contributed by atoms with Crippen molar-refractivity contribution in [2.24, 2.45) is 5.73 Å². The molecule has 0 saturated carbocycles. The predicted molar refractivity (Wildman–Crippen MR) is 93.6 cm³/mol. The number of aromatic nitrogens is 2. The average molecular weight is 356 g/mol. The number of nitrogens with zero attached hydrogens (tertiary/aromatic N) is 2. The Kier molecular flexibility index (Phi) is 4.90. The normalized spacial score (nSPS) is 10.5. The minimum atomic E-state index is -0.618. The summed E-state index contributed by atoms with van der Waals surface area (Å²) < 4.78 is 13.2. The molecule has 3 rings (SSSR count). The maximum atomic E-state index is 13.2. The number of anilines is 1. The molecule has 3 N–H and O–H groups in total. The van der Waals surface area contributed by atoms with Gasteiger partial charge in [0, 0.05) is 18.3 Å². The van der Waals surface area contributed by atoms with Crippen molar-refractivity contribution in [3.63, 3.8) is 0 Å². The van der Waals surface area contributed by atoms with Gasteiger partial charge in [-0.1, -0.05) is 23.7 Å². The first kappa shape index (κ1) is 16.9. The highest BCUT2D eigenvalue weighted by atomic mass is 35.5. The highest BCUT2D eigenvalue weighted by Crippen LogP contribution is 2.29. The Labute approximate surface area is 148 Å². The summed E-state index contributed by atoms with van der Waals surface area (Å²) in [5.74, 6) is -0.430. The Hall–Kier alpha value is -2.99. The lowest BCUT2D eigenvalue weighted by molar-refractivity contribution is 0.100. The van der Waals surface area contributed by atoms with Gasteiger partial charge in [-0.25, -0.2) is 9.37 Å². The van der Waals surface area contributed by atoms with Crippen LogP contribution >= 0.6 is 11.6 Å². The fraction of sp³-hybridized carbons (Fsp3) is 0.0556. The molecular formula is C18H13ClFN4O. The largest absolute Gasteiger partial charge is 0.366 e. The van der Waals surface area contributed by atoms with Crippen LogP contribution in [0.25, 0.3) is 11.3 Å². The smallest absolute Gasteiger partial charge is 0.250 e. The molecule has 25 heavy (non-hydrogen) atoms. The number of hydrogen-bond donors (Lipinski definition) is 2. The summed E-state index contributed by atoms with van der Waals surface area (Å²) in [7, 11) is 0. The van der Waals surface area contributed by atoms with Gasteiger partial charge in [0.1, 0.15) is 11.6 Å². The number of carbonyl (C=O) groups excluding carboxylic acids is 1. The summed E-state index contributed by atoms with van der Waals surface area (Å²) in [6.07, 6.45) is 4.07. The van der Waals surface area contributed by atoms with Crippen LogP contribution in [0.3, 0.4) is 0 Å². The third kappa shape index (κ3) is 3.92. The number of amides is 1. The molecule has 0 bridgehead atoms. The van der Waals surface area contributed by atoms with Crippen LogP contribution in [0.4, 0.5) is 10.2 Å². The van der Waals surface area contributed by atoms with Crippen LogP contribution in [0.2, 0.25) is 5.02 Å². The van der Waals surface area contributed by atoms with Crippen molar-refractivity contribution in [2.45, 2.75) is 6.54 Å². The molecule has 0 saturated heterocycles. The molecule has 2 heterocycles. The lowest BCUT2D eigenvalue weighted by Gasteiger charge is -2.11. The molecule has 3 aromatic rings. The minimum Gasteiger partial charge on any atom is -0.366 e. The van der Waals surface area contributed by atoms with E-state index in [1.807, 2.05) is 0 Å². The molecule has 0 spiro atoms. The van der Waals surface area contributed by atoms with E-state index < -0.39 is 5.91 Å². The standard InChI is InChI=1S/C18H13ClFN4O/c19-15-10-22-7-6-13(15)17-14(18(21)25)4-5-16(24-17)23-9-11-2-1-3-12(20)8-11/h1-6,8,10H,9H2,(H2,21,25)(H,23,24). The van der Waals surface area contributed by atoms with Gasteiger partial charge in [-0.05, 0) is 35.9 Å². The van der Waals surface area contributed by atoms with Gasteiger partial charge < -0.3 is 11.1 Å². The van der Waals surface area contributed by atoms with E-state index in [1.54, 1.807) is 24.3 Å². The van der Waals surface area contributed by atoms with Gasteiger partial charge in [-0.3, -0.25) is 9.78 Å². The minimum absolute atomic E-state index is 0.234. The SMILES string of the molecule is NC(=O)c1ccc(NCc2cccc(F)c2)nc1-c1c[c]ncc1Cl. The number of benzene rings is 1. The molecule has 0 unspecified atom stereocenters. The zero-order valence-electron chi connectivity index (χ0n) is 13.0. The topological polar surface area (TPSA) is 80.9 Å². The van der Waals surface area contributed by atoms with E-state index >= 15 is 0 Å². The Morgan fingerprint density at radius 3 is 2.88 bits per heavy atom. The van der Waals surface area contributed by atoms with Crippen LogP contribution in [0.5, 0.6) is 0 Å². The summed E-state index contributed by atoms with van der Waals surface area (Å²) in [6.45, 7) is 0.371. The third-order valence-corrected chi connectivity index (χ3v) is 3.80. The van der Waals surface area contributed by atoms with Crippen LogP contribution in [-0.4, -0.2) is 15.9 Å². The fourth-order valence-corrected chi connectivity index (χ4v) is 2.51. The van der Waals surface area contributed by atoms with Gasteiger partial charge in [-0.15, -0.1) is 0 Å². The van der Waals surface area contributed by atoms with Crippen LogP contribution in [0.15, 0.2) is 48.7 Å². The number of carbonyl (C=O) groups is 1. The van der Waals surface area contributed by atoms with Crippen LogP contribution in [0.1, 0.15) is 15.9 Å². The van der Waals surface area contributed by atoms with Crippen LogP contribution in [-0.2, 0) is 6.54 Å². The summed E-state index contributed by atoms with van der Waals surface area (Å²) in [5, 5.41) is 3.41. The lowest BCUT2D eigenvalue weighted by atomic mass is 10.1. The predicted octanol–water partition coefficient (Wildman–Crippen LogP) is 3.45. The fourth-order valence-electron chi connectivity index (χ4n) is 2.32. The molecule has 0 atom stereocenters. The number of nitrogens with one attached hydrogen (secondary N) is 1. The van der Waals surface area contributed by atoms with E-state index in [0.717, 1.165) is 5.56 Å². The molecule has 125 valence electrons. The summed E-state index contributed by atoms with van der Waals surface area (Å²) in [6, 6.07) is 11.0. The van der Waals surface area contributed by atoms with Crippen molar-refractivity contribution in [3.05, 3.63) is 76.8 Å². The van der Waals surface area contributed by atoms with Crippen molar-refractivity contribution in [1.29, 1.82) is 0 Å². The van der Waals surface area contributed by atoms with Gasteiger partial charge in [0.15, 0.2) is 0 Å². The van der Waals surface area contributed by atoms with Crippen molar-refractivity contribution < 1.29 is 9.18 Å². The Balaban J connectivity index is 1.93. The third-order valence-electron chi connectivity index (χ3n) is 3.50. The van der Waals surface area contributed by atoms with Gasteiger partial charge in [0.2, 0.25) is 0 Å². The summed E-state index contributed by atoms with van der Waals surface area (Å²) in [5.41, 5.74) is 7.25. The monoisotopic (exact) mass is 355 g/mol. The van der Waals surface area contributed by atoms with E-state index in [-0.39, 0.29) is 11.4 Å². The number of hydrogen-bond acceptors (Lipinski definition) is 4. The van der Waals surface area contributed by atoms with E-state index in [1.165, 1.54) is 24.4 Å². The first-order chi connectivity index (χ1) is 12.0. The summed E-state index contributed by atoms with van der Waals surface area (Å²) in [4.78, 5) is 19.9. The maximum Gasteiger partial charge on any atom is 0.250 e. The van der Waals surface area contributed by atoms with Crippen molar-refractivity contribution in [3.8, 4) is 11.3 Å². The molecule has 1 amide bonds. The zero-order chi connectivity index (χ0) is 17.8. The summed E-state index contributed by atoms with van der Waals surface area (Å²) >= 11 is 6.14. The van der Waals surface area contributed by atoms with E-state index in [9.17, 15) is 9.18 Å². The molecule has 2 aromatic heterocycles. The highest BCUT2D eigenvalue weighted by molar-refractivity contribution is 6.33. The van der Waals surface area contributed by atoms with Gasteiger partial charge in [0.05, 0.1) is 22.5 Å². The number of pyridine rings is 2. The first-order valence-electron chi connectivity index (χ1n) is 7.35. The van der Waals surface area contributed by atoms with Gasteiger partial charge >= 0.3 is 0 Å². The average Bonchev–Trinajstić information content (AvgIpc) is 2.60. The number of primary amides is 1. The zero-order valence-corrected chi connectivity index (χ0v) is 13.7. The van der Waals surface area contributed by atoms with E-state index in [4.69, 9.17) is 17.3 Å². The molecule has 0 aliphatic heterocycles. The molecule has 0 fully saturated rings.